The van der Waals surface area contributed by atoms with Gasteiger partial charge in [0.25, 0.3) is 0 Å². The Kier molecular flexibility index (Phi) is 5.89. The Morgan fingerprint density at radius 2 is 1.88 bits per heavy atom. The van der Waals surface area contributed by atoms with Gasteiger partial charge in [0.1, 0.15) is 0 Å². The molecule has 24 heavy (non-hydrogen) atoms. The molecule has 3 nitrogen and oxygen atoms in total. The Bertz CT molecular complexity index is 674. The zero-order chi connectivity index (χ0) is 16.8. The molecule has 4 heteroatoms. The van der Waals surface area contributed by atoms with Crippen LogP contribution in [0.15, 0.2) is 54.6 Å². The summed E-state index contributed by atoms with van der Waals surface area (Å²) in [4.78, 5) is 14.2. The molecule has 0 aliphatic carbocycles. The van der Waals surface area contributed by atoms with Crippen LogP contribution in [0.1, 0.15) is 30.4 Å². The highest BCUT2D eigenvalue weighted by Gasteiger charge is 2.30. The molecule has 0 unspecified atom stereocenters. The van der Waals surface area contributed by atoms with Crippen LogP contribution >= 0.6 is 11.6 Å². The molecule has 1 heterocycles. The quantitative estimate of drug-likeness (QED) is 0.771. The number of amides is 1. The van der Waals surface area contributed by atoms with E-state index in [1.807, 2.05) is 35.2 Å². The molecule has 0 bridgehead atoms. The van der Waals surface area contributed by atoms with E-state index in [9.17, 15) is 4.79 Å². The van der Waals surface area contributed by atoms with Crippen molar-refractivity contribution in [2.75, 3.05) is 6.54 Å². The summed E-state index contributed by atoms with van der Waals surface area (Å²) in [7, 11) is 0. The number of hydrogen-bond donors (Lipinski definition) is 1. The van der Waals surface area contributed by atoms with E-state index >= 15 is 0 Å². The monoisotopic (exact) mass is 342 g/mol. The summed E-state index contributed by atoms with van der Waals surface area (Å²) in [5, 5.41) is 4.20. The predicted molar refractivity (Wildman–Crippen MR) is 97.8 cm³/mol. The molecule has 126 valence electrons. The molecule has 1 aliphatic heterocycles. The van der Waals surface area contributed by atoms with Gasteiger partial charge in [-0.25, -0.2) is 0 Å². The third kappa shape index (κ3) is 4.59. The molecular formula is C20H23ClN2O. The van der Waals surface area contributed by atoms with Gasteiger partial charge >= 0.3 is 0 Å². The summed E-state index contributed by atoms with van der Waals surface area (Å²) in [6, 6.07) is 18.5. The van der Waals surface area contributed by atoms with Crippen molar-refractivity contribution >= 4 is 17.5 Å². The Balaban J connectivity index is 1.50. The fourth-order valence-electron chi connectivity index (χ4n) is 3.24. The molecule has 0 radical (unpaired) electrons. The number of carbonyl (C=O) groups excluding carboxylic acids is 1. The van der Waals surface area contributed by atoms with E-state index in [1.54, 1.807) is 0 Å². The van der Waals surface area contributed by atoms with E-state index in [1.165, 1.54) is 5.56 Å². The van der Waals surface area contributed by atoms with Crippen molar-refractivity contribution in [1.29, 1.82) is 0 Å². The Hall–Kier alpha value is -1.84. The van der Waals surface area contributed by atoms with Gasteiger partial charge in [-0.15, -0.1) is 0 Å². The maximum absolute atomic E-state index is 12.2. The van der Waals surface area contributed by atoms with E-state index in [2.05, 4.69) is 29.6 Å². The van der Waals surface area contributed by atoms with E-state index < -0.39 is 0 Å². The van der Waals surface area contributed by atoms with Crippen molar-refractivity contribution < 1.29 is 4.79 Å². The number of carbonyl (C=O) groups is 1. The maximum Gasteiger partial charge on any atom is 0.223 e. The van der Waals surface area contributed by atoms with Crippen LogP contribution in [-0.2, 0) is 17.9 Å². The van der Waals surface area contributed by atoms with Crippen LogP contribution in [0.25, 0.3) is 0 Å². The average molecular weight is 343 g/mol. The minimum absolute atomic E-state index is 0.253. The van der Waals surface area contributed by atoms with Gasteiger partial charge in [-0.05, 0) is 42.6 Å². The highest BCUT2D eigenvalue weighted by molar-refractivity contribution is 6.30. The van der Waals surface area contributed by atoms with Crippen LogP contribution in [0.4, 0.5) is 0 Å². The molecule has 1 aliphatic rings. The van der Waals surface area contributed by atoms with Crippen molar-refractivity contribution in [3.05, 3.63) is 70.7 Å². The van der Waals surface area contributed by atoms with Gasteiger partial charge in [-0.1, -0.05) is 54.1 Å². The second kappa shape index (κ2) is 8.32. The number of nitrogens with zero attached hydrogens (tertiary/aromatic N) is 1. The van der Waals surface area contributed by atoms with Crippen LogP contribution in [0.3, 0.4) is 0 Å². The lowest BCUT2D eigenvalue weighted by Gasteiger charge is -2.25. The van der Waals surface area contributed by atoms with Crippen molar-refractivity contribution in [3.63, 3.8) is 0 Å². The molecule has 1 atom stereocenters. The highest BCUT2D eigenvalue weighted by Crippen LogP contribution is 2.24. The highest BCUT2D eigenvalue weighted by atomic mass is 35.5. The Labute approximate surface area is 148 Å². The second-order valence-corrected chi connectivity index (χ2v) is 6.73. The van der Waals surface area contributed by atoms with Crippen molar-refractivity contribution in [2.24, 2.45) is 0 Å². The van der Waals surface area contributed by atoms with Gasteiger partial charge in [-0.2, -0.15) is 0 Å². The molecule has 2 aromatic carbocycles. The van der Waals surface area contributed by atoms with Gasteiger partial charge in [0, 0.05) is 30.6 Å². The normalized spacial score (nSPS) is 17.5. The maximum atomic E-state index is 12.2. The summed E-state index contributed by atoms with van der Waals surface area (Å²) in [5.41, 5.74) is 2.38. The first-order valence-electron chi connectivity index (χ1n) is 8.51. The van der Waals surface area contributed by atoms with Crippen LogP contribution in [-0.4, -0.2) is 23.4 Å². The van der Waals surface area contributed by atoms with Gasteiger partial charge in [0.15, 0.2) is 0 Å². The summed E-state index contributed by atoms with van der Waals surface area (Å²) in [5.74, 6) is 0.253. The van der Waals surface area contributed by atoms with Crippen molar-refractivity contribution in [2.45, 2.75) is 38.4 Å². The third-order valence-corrected chi connectivity index (χ3v) is 4.76. The molecule has 1 N–H and O–H groups in total. The first-order chi connectivity index (χ1) is 11.7. The lowest BCUT2D eigenvalue weighted by atomic mass is 10.1. The molecule has 1 saturated heterocycles. The van der Waals surface area contributed by atoms with Crippen molar-refractivity contribution in [3.8, 4) is 0 Å². The first-order valence-corrected chi connectivity index (χ1v) is 8.89. The summed E-state index contributed by atoms with van der Waals surface area (Å²) in [6.45, 7) is 2.44. The third-order valence-electron chi connectivity index (χ3n) is 4.52. The largest absolute Gasteiger partial charge is 0.335 e. The zero-order valence-electron chi connectivity index (χ0n) is 13.7. The lowest BCUT2D eigenvalue weighted by Crippen LogP contribution is -2.34. The summed E-state index contributed by atoms with van der Waals surface area (Å²) < 4.78 is 0. The van der Waals surface area contributed by atoms with E-state index in [0.29, 0.717) is 19.0 Å². The number of nitrogens with one attached hydrogen (secondary N) is 1. The number of halogens is 1. The number of likely N-dealkylation sites (tertiary alicyclic amines) is 1. The number of benzene rings is 2. The Morgan fingerprint density at radius 3 is 2.67 bits per heavy atom. The van der Waals surface area contributed by atoms with Gasteiger partial charge < -0.3 is 10.2 Å². The fraction of sp³-hybridized carbons (Fsp3) is 0.350. The number of hydrogen-bond acceptors (Lipinski definition) is 2. The van der Waals surface area contributed by atoms with Crippen LogP contribution in [0.2, 0.25) is 5.02 Å². The zero-order valence-corrected chi connectivity index (χ0v) is 14.5. The van der Waals surface area contributed by atoms with Crippen LogP contribution < -0.4 is 5.32 Å². The topological polar surface area (TPSA) is 32.3 Å². The molecule has 0 saturated carbocycles. The molecule has 2 aromatic rings. The van der Waals surface area contributed by atoms with Gasteiger partial charge in [0.05, 0.1) is 0 Å². The minimum atomic E-state index is 0.253. The van der Waals surface area contributed by atoms with Crippen molar-refractivity contribution in [1.82, 2.24) is 10.2 Å². The van der Waals surface area contributed by atoms with E-state index in [0.717, 1.165) is 36.5 Å². The average Bonchev–Trinajstić information content (AvgIpc) is 2.93. The van der Waals surface area contributed by atoms with Crippen LogP contribution in [0, 0.1) is 0 Å². The number of rotatable bonds is 7. The smallest absolute Gasteiger partial charge is 0.223 e. The molecule has 1 amide bonds. The predicted octanol–water partition coefficient (Wildman–Crippen LogP) is 4.01. The Morgan fingerprint density at radius 1 is 1.08 bits per heavy atom. The molecule has 1 fully saturated rings. The van der Waals surface area contributed by atoms with E-state index in [4.69, 9.17) is 11.6 Å². The minimum Gasteiger partial charge on any atom is -0.335 e. The molecule has 3 rings (SSSR count). The van der Waals surface area contributed by atoms with E-state index in [-0.39, 0.29) is 5.91 Å². The summed E-state index contributed by atoms with van der Waals surface area (Å²) >= 11 is 6.05. The lowest BCUT2D eigenvalue weighted by molar-refractivity contribution is -0.129. The first kappa shape index (κ1) is 17.0. The molecule has 0 spiro atoms. The standard InChI is InChI=1S/C20H23ClN2O/c21-18-8-4-7-17(13-18)15-23-19(9-10-20(23)24)11-12-22-14-16-5-2-1-3-6-16/h1-8,13,19,22H,9-12,14-15H2/t19-/m0/s1. The molecule has 0 aromatic heterocycles. The SMILES string of the molecule is O=C1CC[C@@H](CCNCc2ccccc2)N1Cc1cccc(Cl)c1. The van der Waals surface area contributed by atoms with Crippen LogP contribution in [0.5, 0.6) is 0 Å². The van der Waals surface area contributed by atoms with Gasteiger partial charge in [0.2, 0.25) is 5.91 Å². The summed E-state index contributed by atoms with van der Waals surface area (Å²) in [6.07, 6.45) is 2.59. The molecular weight excluding hydrogens is 320 g/mol. The second-order valence-electron chi connectivity index (χ2n) is 6.30. The van der Waals surface area contributed by atoms with Gasteiger partial charge in [-0.3, -0.25) is 4.79 Å². The fourth-order valence-corrected chi connectivity index (χ4v) is 3.45.